The smallest absolute Gasteiger partial charge is 0.151 e. The average Bonchev–Trinajstić information content (AvgIpc) is 2.37. The highest BCUT2D eigenvalue weighted by Crippen LogP contribution is 2.31. The van der Waals surface area contributed by atoms with Crippen LogP contribution in [0.15, 0.2) is 24.3 Å². The summed E-state index contributed by atoms with van der Waals surface area (Å²) >= 11 is 12.0. The van der Waals surface area contributed by atoms with Gasteiger partial charge in [-0.15, -0.1) is 0 Å². The Kier molecular flexibility index (Phi) is 4.12. The minimum absolute atomic E-state index is 0.327. The molecular formula is C13H12Cl2FN3. The van der Waals surface area contributed by atoms with Crippen LogP contribution in [-0.2, 0) is 0 Å². The second kappa shape index (κ2) is 5.63. The molecule has 2 N–H and O–H groups in total. The zero-order valence-electron chi connectivity index (χ0n) is 10.4. The lowest BCUT2D eigenvalue weighted by Crippen LogP contribution is -2.01. The van der Waals surface area contributed by atoms with Crippen molar-refractivity contribution in [3.63, 3.8) is 0 Å². The summed E-state index contributed by atoms with van der Waals surface area (Å²) in [6, 6.07) is 6.05. The number of aromatic nitrogens is 1. The zero-order valence-corrected chi connectivity index (χ0v) is 11.9. The Hall–Kier alpha value is -1.52. The highest BCUT2D eigenvalue weighted by molar-refractivity contribution is 6.37. The Morgan fingerprint density at radius 2 is 1.79 bits per heavy atom. The van der Waals surface area contributed by atoms with Crippen LogP contribution in [0.25, 0.3) is 0 Å². The molecule has 0 aliphatic rings. The van der Waals surface area contributed by atoms with E-state index in [4.69, 9.17) is 23.2 Å². The van der Waals surface area contributed by atoms with Crippen molar-refractivity contribution in [1.82, 2.24) is 4.98 Å². The van der Waals surface area contributed by atoms with Gasteiger partial charge in [0.2, 0.25) is 0 Å². The summed E-state index contributed by atoms with van der Waals surface area (Å²) in [4.78, 5) is 4.25. The van der Waals surface area contributed by atoms with Crippen molar-refractivity contribution >= 4 is 40.5 Å². The van der Waals surface area contributed by atoms with Gasteiger partial charge in [-0.25, -0.2) is 9.37 Å². The number of anilines is 3. The standard InChI is InChI=1S/C13H12Cl2FN3/c1-7-3-4-8(16)5-11(7)18-13-10(15)6-9(14)12(17-2)19-13/h3-6H,1-2H3,(H2,17,18,19). The van der Waals surface area contributed by atoms with Crippen LogP contribution >= 0.6 is 23.2 Å². The Balaban J connectivity index is 2.40. The molecule has 0 saturated heterocycles. The second-order valence-electron chi connectivity index (χ2n) is 3.98. The van der Waals surface area contributed by atoms with Crippen molar-refractivity contribution in [3.8, 4) is 0 Å². The molecule has 2 aromatic rings. The summed E-state index contributed by atoms with van der Waals surface area (Å²) in [7, 11) is 1.71. The quantitative estimate of drug-likeness (QED) is 0.868. The summed E-state index contributed by atoms with van der Waals surface area (Å²) in [6.07, 6.45) is 0. The largest absolute Gasteiger partial charge is 0.372 e. The van der Waals surface area contributed by atoms with Crippen molar-refractivity contribution in [3.05, 3.63) is 45.7 Å². The van der Waals surface area contributed by atoms with Crippen LogP contribution in [0.3, 0.4) is 0 Å². The van der Waals surface area contributed by atoms with E-state index in [9.17, 15) is 4.39 Å². The molecule has 0 radical (unpaired) electrons. The maximum atomic E-state index is 13.2. The fourth-order valence-electron chi connectivity index (χ4n) is 1.59. The number of hydrogen-bond donors (Lipinski definition) is 2. The lowest BCUT2D eigenvalue weighted by Gasteiger charge is -2.12. The van der Waals surface area contributed by atoms with Crippen LogP contribution in [-0.4, -0.2) is 12.0 Å². The van der Waals surface area contributed by atoms with Crippen molar-refractivity contribution in [1.29, 1.82) is 0 Å². The fraction of sp³-hybridized carbons (Fsp3) is 0.154. The highest BCUT2D eigenvalue weighted by atomic mass is 35.5. The lowest BCUT2D eigenvalue weighted by molar-refractivity contribution is 0.628. The SMILES string of the molecule is CNc1nc(Nc2cc(F)ccc2C)c(Cl)cc1Cl. The van der Waals surface area contributed by atoms with Gasteiger partial charge in [0, 0.05) is 12.7 Å². The van der Waals surface area contributed by atoms with Crippen LogP contribution in [0.5, 0.6) is 0 Å². The monoisotopic (exact) mass is 299 g/mol. The van der Waals surface area contributed by atoms with Gasteiger partial charge in [-0.3, -0.25) is 0 Å². The predicted molar refractivity (Wildman–Crippen MR) is 78.2 cm³/mol. The number of aryl methyl sites for hydroxylation is 1. The van der Waals surface area contributed by atoms with Gasteiger partial charge in [-0.05, 0) is 30.7 Å². The molecule has 0 atom stereocenters. The molecule has 1 aromatic carbocycles. The van der Waals surface area contributed by atoms with Crippen LogP contribution in [0, 0.1) is 12.7 Å². The first-order valence-electron chi connectivity index (χ1n) is 5.58. The average molecular weight is 300 g/mol. The van der Waals surface area contributed by atoms with Gasteiger partial charge in [-0.2, -0.15) is 0 Å². The van der Waals surface area contributed by atoms with Gasteiger partial charge < -0.3 is 10.6 Å². The minimum atomic E-state index is -0.327. The lowest BCUT2D eigenvalue weighted by atomic mass is 10.2. The Morgan fingerprint density at radius 3 is 2.47 bits per heavy atom. The third kappa shape index (κ3) is 3.08. The maximum absolute atomic E-state index is 13.2. The second-order valence-corrected chi connectivity index (χ2v) is 4.80. The summed E-state index contributed by atoms with van der Waals surface area (Å²) in [5, 5.41) is 6.65. The van der Waals surface area contributed by atoms with E-state index in [1.54, 1.807) is 19.2 Å². The number of nitrogens with one attached hydrogen (secondary N) is 2. The first kappa shape index (κ1) is 13.9. The molecule has 6 heteroatoms. The molecular weight excluding hydrogens is 288 g/mol. The van der Waals surface area contributed by atoms with Crippen LogP contribution in [0.4, 0.5) is 21.7 Å². The molecule has 0 spiro atoms. The van der Waals surface area contributed by atoms with Crippen molar-refractivity contribution in [2.75, 3.05) is 17.7 Å². The van der Waals surface area contributed by atoms with E-state index in [2.05, 4.69) is 15.6 Å². The van der Waals surface area contributed by atoms with Gasteiger partial charge in [0.1, 0.15) is 11.6 Å². The predicted octanol–water partition coefficient (Wildman–Crippen LogP) is 4.62. The fourth-order valence-corrected chi connectivity index (χ4v) is 2.09. The Labute approximate surface area is 120 Å². The third-order valence-corrected chi connectivity index (χ3v) is 3.20. The molecule has 0 fully saturated rings. The van der Waals surface area contributed by atoms with E-state index in [-0.39, 0.29) is 5.82 Å². The first-order chi connectivity index (χ1) is 9.01. The van der Waals surface area contributed by atoms with Crippen molar-refractivity contribution < 1.29 is 4.39 Å². The number of rotatable bonds is 3. The summed E-state index contributed by atoms with van der Waals surface area (Å²) < 4.78 is 13.2. The topological polar surface area (TPSA) is 37.0 Å². The number of benzene rings is 1. The Morgan fingerprint density at radius 1 is 1.11 bits per heavy atom. The van der Waals surface area contributed by atoms with Crippen molar-refractivity contribution in [2.45, 2.75) is 6.92 Å². The molecule has 100 valence electrons. The molecule has 3 nitrogen and oxygen atoms in total. The normalized spacial score (nSPS) is 10.4. The van der Waals surface area contributed by atoms with Gasteiger partial charge >= 0.3 is 0 Å². The van der Waals surface area contributed by atoms with E-state index in [0.717, 1.165) is 5.56 Å². The molecule has 0 unspecified atom stereocenters. The molecule has 0 aliphatic heterocycles. The summed E-state index contributed by atoms with van der Waals surface area (Å²) in [5.41, 5.74) is 1.50. The van der Waals surface area contributed by atoms with E-state index >= 15 is 0 Å². The first-order valence-corrected chi connectivity index (χ1v) is 6.34. The van der Waals surface area contributed by atoms with E-state index in [1.807, 2.05) is 6.92 Å². The molecule has 0 saturated carbocycles. The van der Waals surface area contributed by atoms with Crippen LogP contribution in [0.1, 0.15) is 5.56 Å². The molecule has 0 amide bonds. The van der Waals surface area contributed by atoms with E-state index in [1.165, 1.54) is 12.1 Å². The van der Waals surface area contributed by atoms with Gasteiger partial charge in [0.15, 0.2) is 5.82 Å². The molecule has 2 rings (SSSR count). The van der Waals surface area contributed by atoms with E-state index < -0.39 is 0 Å². The molecule has 19 heavy (non-hydrogen) atoms. The zero-order chi connectivity index (χ0) is 14.0. The molecule has 1 aromatic heterocycles. The van der Waals surface area contributed by atoms with Gasteiger partial charge in [-0.1, -0.05) is 29.3 Å². The molecule has 0 aliphatic carbocycles. The number of hydrogen-bond acceptors (Lipinski definition) is 3. The number of pyridine rings is 1. The summed E-state index contributed by atoms with van der Waals surface area (Å²) in [6.45, 7) is 1.87. The summed E-state index contributed by atoms with van der Waals surface area (Å²) in [5.74, 6) is 0.596. The Bertz CT molecular complexity index is 617. The van der Waals surface area contributed by atoms with Crippen LogP contribution < -0.4 is 10.6 Å². The third-order valence-electron chi connectivity index (χ3n) is 2.62. The van der Waals surface area contributed by atoms with Crippen LogP contribution in [0.2, 0.25) is 10.0 Å². The van der Waals surface area contributed by atoms with Gasteiger partial charge in [0.25, 0.3) is 0 Å². The minimum Gasteiger partial charge on any atom is -0.372 e. The van der Waals surface area contributed by atoms with Gasteiger partial charge in [0.05, 0.1) is 10.0 Å². The maximum Gasteiger partial charge on any atom is 0.151 e. The molecule has 1 heterocycles. The number of halogens is 3. The number of nitrogens with zero attached hydrogens (tertiary/aromatic N) is 1. The van der Waals surface area contributed by atoms with E-state index in [0.29, 0.717) is 27.4 Å². The van der Waals surface area contributed by atoms with Crippen molar-refractivity contribution in [2.24, 2.45) is 0 Å². The highest BCUT2D eigenvalue weighted by Gasteiger charge is 2.10. The molecule has 0 bridgehead atoms.